The van der Waals surface area contributed by atoms with Crippen LogP contribution in [0.2, 0.25) is 0 Å². The van der Waals surface area contributed by atoms with E-state index in [9.17, 15) is 4.79 Å². The molecular formula is C10H16N4O. The third-order valence-electron chi connectivity index (χ3n) is 2.43. The Balaban J connectivity index is 1.65. The number of nitrogens with zero attached hydrogens (tertiary/aromatic N) is 2. The normalized spacial score (nSPS) is 15.0. The third kappa shape index (κ3) is 3.27. The van der Waals surface area contributed by atoms with Crippen LogP contribution in [-0.4, -0.2) is 28.8 Å². The summed E-state index contributed by atoms with van der Waals surface area (Å²) in [6, 6.07) is 1.84. The van der Waals surface area contributed by atoms with Crippen LogP contribution in [0.4, 0.5) is 5.82 Å². The molecule has 1 aromatic rings. The minimum Gasteiger partial charge on any atom is -0.360 e. The molecule has 5 heteroatoms. The minimum absolute atomic E-state index is 0.0348. The van der Waals surface area contributed by atoms with Gasteiger partial charge in [-0.25, -0.2) is 0 Å². The number of aromatic nitrogens is 2. The lowest BCUT2D eigenvalue weighted by Gasteiger charge is -2.04. The lowest BCUT2D eigenvalue weighted by Crippen LogP contribution is -2.31. The van der Waals surface area contributed by atoms with Crippen LogP contribution in [0.1, 0.15) is 12.8 Å². The summed E-state index contributed by atoms with van der Waals surface area (Å²) in [5.41, 5.74) is 0. The summed E-state index contributed by atoms with van der Waals surface area (Å²) in [5, 5.41) is 9.97. The zero-order chi connectivity index (χ0) is 10.7. The number of hydrogen-bond acceptors (Lipinski definition) is 3. The van der Waals surface area contributed by atoms with Crippen LogP contribution in [0, 0.1) is 5.92 Å². The second kappa shape index (κ2) is 4.33. The fourth-order valence-corrected chi connectivity index (χ4v) is 1.32. The molecule has 15 heavy (non-hydrogen) atoms. The molecule has 1 heterocycles. The highest BCUT2D eigenvalue weighted by molar-refractivity contribution is 5.80. The van der Waals surface area contributed by atoms with Gasteiger partial charge in [-0.3, -0.25) is 9.48 Å². The largest absolute Gasteiger partial charge is 0.360 e. The highest BCUT2D eigenvalue weighted by Crippen LogP contribution is 2.27. The maximum absolute atomic E-state index is 11.3. The molecule has 0 atom stereocenters. The van der Waals surface area contributed by atoms with Gasteiger partial charge in [-0.2, -0.15) is 5.10 Å². The van der Waals surface area contributed by atoms with Gasteiger partial charge in [0.25, 0.3) is 0 Å². The van der Waals surface area contributed by atoms with Crippen LogP contribution in [-0.2, 0) is 11.8 Å². The first-order valence-corrected chi connectivity index (χ1v) is 5.24. The van der Waals surface area contributed by atoms with Crippen molar-refractivity contribution in [1.29, 1.82) is 0 Å². The molecule has 2 N–H and O–H groups in total. The summed E-state index contributed by atoms with van der Waals surface area (Å²) < 4.78 is 1.70. The van der Waals surface area contributed by atoms with Crippen molar-refractivity contribution in [3.63, 3.8) is 0 Å². The van der Waals surface area contributed by atoms with Crippen LogP contribution in [0.25, 0.3) is 0 Å². The first-order valence-electron chi connectivity index (χ1n) is 5.24. The van der Waals surface area contributed by atoms with Crippen molar-refractivity contribution in [3.8, 4) is 0 Å². The predicted octanol–water partition coefficient (Wildman–Crippen LogP) is 0.358. The number of amides is 1. The Hall–Kier alpha value is -1.52. The van der Waals surface area contributed by atoms with E-state index in [-0.39, 0.29) is 5.91 Å². The van der Waals surface area contributed by atoms with Crippen LogP contribution in [0.15, 0.2) is 12.3 Å². The van der Waals surface area contributed by atoms with E-state index in [1.165, 1.54) is 12.8 Å². The van der Waals surface area contributed by atoms with Gasteiger partial charge in [0.1, 0.15) is 5.82 Å². The number of aryl methyl sites for hydroxylation is 1. The average Bonchev–Trinajstić information content (AvgIpc) is 2.95. The quantitative estimate of drug-likeness (QED) is 0.734. The highest BCUT2D eigenvalue weighted by atomic mass is 16.1. The van der Waals surface area contributed by atoms with Gasteiger partial charge >= 0.3 is 0 Å². The van der Waals surface area contributed by atoms with Crippen molar-refractivity contribution in [2.45, 2.75) is 12.8 Å². The smallest absolute Gasteiger partial charge is 0.239 e. The molecule has 1 saturated carbocycles. The monoisotopic (exact) mass is 208 g/mol. The van der Waals surface area contributed by atoms with E-state index in [2.05, 4.69) is 15.7 Å². The van der Waals surface area contributed by atoms with Crippen LogP contribution in [0.5, 0.6) is 0 Å². The lowest BCUT2D eigenvalue weighted by molar-refractivity contribution is -0.119. The first-order chi connectivity index (χ1) is 7.24. The maximum Gasteiger partial charge on any atom is 0.239 e. The summed E-state index contributed by atoms with van der Waals surface area (Å²) in [6.45, 7) is 1.12. The number of anilines is 1. The van der Waals surface area contributed by atoms with Gasteiger partial charge in [-0.05, 0) is 18.8 Å². The molecule has 1 aromatic heterocycles. The lowest BCUT2D eigenvalue weighted by atomic mass is 10.4. The molecule has 1 aliphatic carbocycles. The van der Waals surface area contributed by atoms with E-state index < -0.39 is 0 Å². The molecule has 2 rings (SSSR count). The molecule has 0 aliphatic heterocycles. The van der Waals surface area contributed by atoms with Gasteiger partial charge in [-0.1, -0.05) is 0 Å². The maximum atomic E-state index is 11.3. The topological polar surface area (TPSA) is 59.0 Å². The summed E-state index contributed by atoms with van der Waals surface area (Å²) >= 11 is 0. The number of hydrogen-bond donors (Lipinski definition) is 2. The molecular weight excluding hydrogens is 192 g/mol. The average molecular weight is 208 g/mol. The van der Waals surface area contributed by atoms with Gasteiger partial charge in [0.05, 0.1) is 6.54 Å². The molecule has 1 aliphatic rings. The summed E-state index contributed by atoms with van der Waals surface area (Å²) in [6.07, 6.45) is 4.35. The summed E-state index contributed by atoms with van der Waals surface area (Å²) in [7, 11) is 1.85. The third-order valence-corrected chi connectivity index (χ3v) is 2.43. The Labute approximate surface area is 88.8 Å². The van der Waals surface area contributed by atoms with Crippen molar-refractivity contribution >= 4 is 11.7 Å². The number of carbonyl (C=O) groups excluding carboxylic acids is 1. The standard InChI is InChI=1S/C10H16N4O/c1-14-5-4-9(13-14)11-7-10(15)12-6-8-2-3-8/h4-5,8H,2-3,6-7H2,1H3,(H,11,13)(H,12,15). The van der Waals surface area contributed by atoms with Crippen molar-refractivity contribution in [2.24, 2.45) is 13.0 Å². The second-order valence-corrected chi connectivity index (χ2v) is 3.98. The summed E-state index contributed by atoms with van der Waals surface area (Å²) in [5.74, 6) is 1.50. The fourth-order valence-electron chi connectivity index (χ4n) is 1.32. The molecule has 0 saturated heterocycles. The number of nitrogens with one attached hydrogen (secondary N) is 2. The molecule has 82 valence electrons. The van der Waals surface area contributed by atoms with Crippen molar-refractivity contribution in [3.05, 3.63) is 12.3 Å². The van der Waals surface area contributed by atoms with Crippen LogP contribution < -0.4 is 10.6 Å². The van der Waals surface area contributed by atoms with Gasteiger partial charge in [0.2, 0.25) is 5.91 Å². The Kier molecular flexibility index (Phi) is 2.89. The van der Waals surface area contributed by atoms with Crippen LogP contribution in [0.3, 0.4) is 0 Å². The molecule has 0 radical (unpaired) electrons. The van der Waals surface area contributed by atoms with Crippen LogP contribution >= 0.6 is 0 Å². The highest BCUT2D eigenvalue weighted by Gasteiger charge is 2.21. The number of carbonyl (C=O) groups is 1. The van der Waals surface area contributed by atoms with E-state index in [1.54, 1.807) is 4.68 Å². The van der Waals surface area contributed by atoms with E-state index in [0.717, 1.165) is 18.3 Å². The van der Waals surface area contributed by atoms with Crippen molar-refractivity contribution in [2.75, 3.05) is 18.4 Å². The second-order valence-electron chi connectivity index (χ2n) is 3.98. The molecule has 0 aromatic carbocycles. The zero-order valence-electron chi connectivity index (χ0n) is 8.86. The first kappa shape index (κ1) is 10.0. The number of rotatable bonds is 5. The van der Waals surface area contributed by atoms with E-state index in [4.69, 9.17) is 0 Å². The van der Waals surface area contributed by atoms with Gasteiger partial charge in [-0.15, -0.1) is 0 Å². The molecule has 1 fully saturated rings. The molecule has 0 unspecified atom stereocenters. The molecule has 5 nitrogen and oxygen atoms in total. The predicted molar refractivity (Wildman–Crippen MR) is 57.4 cm³/mol. The van der Waals surface area contributed by atoms with Crippen molar-refractivity contribution in [1.82, 2.24) is 15.1 Å². The molecule has 0 bridgehead atoms. The van der Waals surface area contributed by atoms with Gasteiger partial charge < -0.3 is 10.6 Å². The molecule has 1 amide bonds. The zero-order valence-corrected chi connectivity index (χ0v) is 8.86. The SMILES string of the molecule is Cn1ccc(NCC(=O)NCC2CC2)n1. The van der Waals surface area contributed by atoms with E-state index in [1.807, 2.05) is 19.3 Å². The van der Waals surface area contributed by atoms with Crippen molar-refractivity contribution < 1.29 is 4.79 Å². The molecule has 0 spiro atoms. The summed E-state index contributed by atoms with van der Waals surface area (Å²) in [4.78, 5) is 11.3. The van der Waals surface area contributed by atoms with Gasteiger partial charge in [0.15, 0.2) is 0 Å². The fraction of sp³-hybridized carbons (Fsp3) is 0.600. The van der Waals surface area contributed by atoms with Gasteiger partial charge in [0, 0.05) is 25.9 Å². The Bertz CT molecular complexity index is 343. The Morgan fingerprint density at radius 3 is 3.07 bits per heavy atom. The van der Waals surface area contributed by atoms with E-state index >= 15 is 0 Å². The Morgan fingerprint density at radius 2 is 2.47 bits per heavy atom. The minimum atomic E-state index is 0.0348. The van der Waals surface area contributed by atoms with E-state index in [0.29, 0.717) is 6.54 Å². The Morgan fingerprint density at radius 1 is 1.67 bits per heavy atom.